The number of hydrogen-bond donors (Lipinski definition) is 7. The van der Waals surface area contributed by atoms with E-state index in [2.05, 4.69) is 10.6 Å². The number of rotatable bonds is 14. The summed E-state index contributed by atoms with van der Waals surface area (Å²) in [7, 11) is 3.18. The van der Waals surface area contributed by atoms with Crippen molar-refractivity contribution in [3.63, 3.8) is 0 Å². The molecule has 1 atom stereocenters. The number of likely N-dealkylation sites (N-methyl/N-ethyl adjacent to an activating group) is 1. The van der Waals surface area contributed by atoms with Gasteiger partial charge in [0.2, 0.25) is 11.8 Å². The molecule has 0 aliphatic heterocycles. The maximum absolute atomic E-state index is 13.7. The molecular weight excluding hydrogens is 839 g/mol. The van der Waals surface area contributed by atoms with Crippen molar-refractivity contribution in [2.75, 3.05) is 52.3 Å². The number of carbonyl (C=O) groups excluding carboxylic acids is 3. The molecule has 0 saturated heterocycles. The maximum Gasteiger partial charge on any atom is 0.256 e. The lowest BCUT2D eigenvalue weighted by Gasteiger charge is -2.26. The average Bonchev–Trinajstić information content (AvgIpc) is 2.85. The number of halogens is 3. The first-order valence-corrected chi connectivity index (χ1v) is 14.9. The molecule has 0 aromatic heterocycles. The third-order valence-electron chi connectivity index (χ3n) is 5.36. The Morgan fingerprint density at radius 2 is 1.50 bits per heavy atom. The first-order chi connectivity index (χ1) is 17.8. The number of amides is 3. The summed E-state index contributed by atoms with van der Waals surface area (Å²) in [6, 6.07) is -0.834. The maximum atomic E-state index is 13.7. The van der Waals surface area contributed by atoms with E-state index in [0.29, 0.717) is 32.9 Å². The zero-order valence-electron chi connectivity index (χ0n) is 21.4. The van der Waals surface area contributed by atoms with E-state index >= 15 is 0 Å². The van der Waals surface area contributed by atoms with Gasteiger partial charge in [0, 0.05) is 30.8 Å². The monoisotopic (exact) mass is 873 g/mol. The van der Waals surface area contributed by atoms with Crippen LogP contribution >= 0.6 is 67.8 Å². The fourth-order valence-electron chi connectivity index (χ4n) is 3.38. The number of aliphatic hydroxyl groups is 4. The van der Waals surface area contributed by atoms with Gasteiger partial charge in [0.05, 0.1) is 37.2 Å². The number of nitrogens with one attached hydrogen (secondary N) is 2. The second-order valence-corrected chi connectivity index (χ2v) is 11.6. The molecule has 0 spiro atoms. The van der Waals surface area contributed by atoms with E-state index in [1.54, 1.807) is 14.1 Å². The van der Waals surface area contributed by atoms with Gasteiger partial charge in [-0.15, -0.1) is 0 Å². The zero-order chi connectivity index (χ0) is 29.2. The highest BCUT2D eigenvalue weighted by atomic mass is 127. The summed E-state index contributed by atoms with van der Waals surface area (Å²) in [4.78, 5) is 42.7. The largest absolute Gasteiger partial charge is 0.507 e. The van der Waals surface area contributed by atoms with Crippen molar-refractivity contribution < 1.29 is 34.8 Å². The van der Waals surface area contributed by atoms with Gasteiger partial charge >= 0.3 is 0 Å². The van der Waals surface area contributed by atoms with Crippen LogP contribution in [0.3, 0.4) is 0 Å². The lowest BCUT2D eigenvalue weighted by Crippen LogP contribution is -2.46. The number of carbonyl (C=O) groups is 3. The number of benzene rings is 1. The summed E-state index contributed by atoms with van der Waals surface area (Å²) in [5.74, 6) is -2.44. The quantitative estimate of drug-likeness (QED) is 0.0834. The first-order valence-electron chi connectivity index (χ1n) is 11.6. The molecule has 0 bridgehead atoms. The summed E-state index contributed by atoms with van der Waals surface area (Å²) in [6.07, 6.45) is 1.66. The summed E-state index contributed by atoms with van der Waals surface area (Å²) in [5, 5.41) is 44.3. The summed E-state index contributed by atoms with van der Waals surface area (Å²) in [6.45, 7) is 0.923. The van der Waals surface area contributed by atoms with Gasteiger partial charge < -0.3 is 46.6 Å². The van der Waals surface area contributed by atoms with E-state index in [1.165, 1.54) is 16.7 Å². The van der Waals surface area contributed by atoms with E-state index in [1.807, 2.05) is 67.8 Å². The highest BCUT2D eigenvalue weighted by Gasteiger charge is 2.32. The molecule has 1 aromatic rings. The number of nitrogens with zero attached hydrogens (tertiary/aromatic N) is 2. The molecule has 0 aliphatic carbocycles. The van der Waals surface area contributed by atoms with Crippen LogP contribution in [0, 0.1) is 10.7 Å². The highest BCUT2D eigenvalue weighted by Crippen LogP contribution is 2.37. The van der Waals surface area contributed by atoms with Gasteiger partial charge in [0.1, 0.15) is 11.8 Å². The van der Waals surface area contributed by atoms with E-state index in [0.717, 1.165) is 0 Å². The number of nitrogens with two attached hydrogens (primary N) is 1. The molecule has 0 heterocycles. The molecule has 0 radical (unpaired) electrons. The Morgan fingerprint density at radius 1 is 0.947 bits per heavy atom. The Labute approximate surface area is 262 Å². The molecule has 12 nitrogen and oxygen atoms in total. The van der Waals surface area contributed by atoms with E-state index < -0.39 is 29.5 Å². The number of unbranched alkanes of at least 4 members (excludes halogenated alkanes) is 1. The van der Waals surface area contributed by atoms with Crippen molar-refractivity contribution in [2.45, 2.75) is 32.2 Å². The predicted octanol–water partition coefficient (Wildman–Crippen LogP) is 1.96. The molecule has 214 valence electrons. The molecule has 38 heavy (non-hydrogen) atoms. The van der Waals surface area contributed by atoms with Crippen molar-refractivity contribution in [1.29, 1.82) is 0 Å². The van der Waals surface area contributed by atoms with Gasteiger partial charge in [-0.05, 0) is 101 Å². The van der Waals surface area contributed by atoms with E-state index in [4.69, 9.17) is 5.73 Å². The van der Waals surface area contributed by atoms with Crippen LogP contribution in [0.25, 0.3) is 0 Å². The fraction of sp³-hybridized carbons (Fsp3) is 0.522. The molecule has 1 aromatic carbocycles. The van der Waals surface area contributed by atoms with Gasteiger partial charge in [-0.2, -0.15) is 0 Å². The van der Waals surface area contributed by atoms with Crippen molar-refractivity contribution >= 4 is 91.2 Å². The molecule has 1 unspecified atom stereocenters. The number of hydrogen-bond acceptors (Lipinski definition) is 9. The Balaban J connectivity index is 3.77. The van der Waals surface area contributed by atoms with Gasteiger partial charge in [-0.1, -0.05) is 0 Å². The van der Waals surface area contributed by atoms with Crippen LogP contribution in [0.4, 0.5) is 5.69 Å². The van der Waals surface area contributed by atoms with Gasteiger partial charge in [0.25, 0.3) is 11.8 Å². The van der Waals surface area contributed by atoms with E-state index in [-0.39, 0.29) is 52.6 Å². The van der Waals surface area contributed by atoms with Gasteiger partial charge in [-0.25, -0.2) is 0 Å². The van der Waals surface area contributed by atoms with Crippen LogP contribution in [0.15, 0.2) is 11.6 Å². The van der Waals surface area contributed by atoms with Crippen LogP contribution in [-0.4, -0.2) is 101 Å². The normalized spacial score (nSPS) is 12.4. The number of allylic oxidation sites excluding steroid dienone is 1. The third kappa shape index (κ3) is 9.20. The van der Waals surface area contributed by atoms with Gasteiger partial charge in [-0.3, -0.25) is 14.4 Å². The zero-order valence-corrected chi connectivity index (χ0v) is 27.8. The smallest absolute Gasteiger partial charge is 0.256 e. The fourth-order valence-corrected chi connectivity index (χ4v) is 7.76. The van der Waals surface area contributed by atoms with Crippen LogP contribution in [0.5, 0.6) is 0 Å². The average molecular weight is 873 g/mol. The Kier molecular flexibility index (Phi) is 15.4. The van der Waals surface area contributed by atoms with Crippen LogP contribution < -0.4 is 16.4 Å². The summed E-state index contributed by atoms with van der Waals surface area (Å²) >= 11 is 5.68. The van der Waals surface area contributed by atoms with Crippen molar-refractivity contribution in [3.8, 4) is 0 Å². The standard InChI is InChI=1S/C23H34I3N5O7/c1-12(34)20(35)29-19-17(25)14(21(36)28-13(6-4-5-7-27)22(37)30(2)3)16(24)15(18(19)26)23(38)31(8-10-32)9-11-33/h13,29,32-35H,4-11,27H2,1-3H3,(H,28,36)/b20-12-. The second-order valence-electron chi connectivity index (χ2n) is 8.41. The Hall–Kier alpha value is -1.16. The molecule has 1 rings (SSSR count). The van der Waals surface area contributed by atoms with Crippen LogP contribution in [0.1, 0.15) is 46.9 Å². The van der Waals surface area contributed by atoms with Crippen LogP contribution in [0.2, 0.25) is 0 Å². The lowest BCUT2D eigenvalue weighted by molar-refractivity contribution is -0.130. The molecule has 0 saturated carbocycles. The summed E-state index contributed by atoms with van der Waals surface area (Å²) in [5.41, 5.74) is 5.96. The first kappa shape index (κ1) is 34.9. The predicted molar refractivity (Wildman–Crippen MR) is 169 cm³/mol. The summed E-state index contributed by atoms with van der Waals surface area (Å²) < 4.78 is 0.968. The molecular formula is C23H34I3N5O7. The number of anilines is 1. The van der Waals surface area contributed by atoms with Gasteiger partial charge in [0.15, 0.2) is 0 Å². The van der Waals surface area contributed by atoms with Crippen LogP contribution in [-0.2, 0) is 4.79 Å². The molecule has 0 fully saturated rings. The highest BCUT2D eigenvalue weighted by molar-refractivity contribution is 14.1. The third-order valence-corrected chi connectivity index (χ3v) is 8.60. The SMILES string of the molecule is C/C(O)=C(/O)Nc1c(I)c(C(=O)NC(CCCCN)C(=O)N(C)C)c(I)c(C(=O)N(CCO)CCO)c1I. The van der Waals surface area contributed by atoms with E-state index in [9.17, 15) is 34.8 Å². The molecule has 15 heteroatoms. The minimum absolute atomic E-state index is 0.0523. The minimum atomic E-state index is -0.834. The molecule has 8 N–H and O–H groups in total. The van der Waals surface area contributed by atoms with Crippen molar-refractivity contribution in [1.82, 2.24) is 15.1 Å². The number of aliphatic hydroxyl groups excluding tert-OH is 4. The topological polar surface area (TPSA) is 189 Å². The Morgan fingerprint density at radius 3 is 1.97 bits per heavy atom. The second kappa shape index (κ2) is 16.8. The molecule has 0 aliphatic rings. The minimum Gasteiger partial charge on any atom is -0.507 e. The van der Waals surface area contributed by atoms with Crippen molar-refractivity contribution in [3.05, 3.63) is 33.5 Å². The Bertz CT molecular complexity index is 1040. The molecule has 3 amide bonds. The van der Waals surface area contributed by atoms with Crippen molar-refractivity contribution in [2.24, 2.45) is 5.73 Å². The lowest BCUT2D eigenvalue weighted by atomic mass is 10.0.